The number of hydrogen-bond donors (Lipinski definition) is 2. The maximum absolute atomic E-state index is 16.6. The van der Waals surface area contributed by atoms with Crippen LogP contribution in [0.2, 0.25) is 0 Å². The summed E-state index contributed by atoms with van der Waals surface area (Å²) in [5.74, 6) is 0.990. The molecule has 14 heteroatoms. The zero-order chi connectivity index (χ0) is 39.0. The van der Waals surface area contributed by atoms with E-state index in [0.717, 1.165) is 43.6 Å². The van der Waals surface area contributed by atoms with Crippen molar-refractivity contribution in [3.63, 3.8) is 0 Å². The molecule has 2 fully saturated rings. The van der Waals surface area contributed by atoms with E-state index in [1.165, 1.54) is 6.07 Å². The molecule has 3 aliphatic rings. The molecule has 0 spiro atoms. The maximum atomic E-state index is 16.6. The highest BCUT2D eigenvalue weighted by Gasteiger charge is 2.35. The van der Waals surface area contributed by atoms with Crippen molar-refractivity contribution < 1.29 is 23.4 Å². The Morgan fingerprint density at radius 2 is 1.93 bits per heavy atom. The minimum Gasteiger partial charge on any atom is -0.487 e. The van der Waals surface area contributed by atoms with Crippen LogP contribution in [-0.2, 0) is 17.8 Å². The topological polar surface area (TPSA) is 140 Å². The van der Waals surface area contributed by atoms with Crippen LogP contribution in [-0.4, -0.2) is 83.1 Å². The fraction of sp³-hybridized carbons (Fsp3) is 0.512. The number of pyridine rings is 3. The molecule has 0 aliphatic carbocycles. The molecule has 4 aromatic rings. The van der Waals surface area contributed by atoms with Crippen molar-refractivity contribution in [2.75, 3.05) is 55.4 Å². The zero-order valence-corrected chi connectivity index (χ0v) is 32.7. The van der Waals surface area contributed by atoms with Crippen molar-refractivity contribution in [3.05, 3.63) is 76.1 Å². The first-order valence-electron chi connectivity index (χ1n) is 19.2. The van der Waals surface area contributed by atoms with Crippen molar-refractivity contribution in [2.45, 2.75) is 90.7 Å². The van der Waals surface area contributed by atoms with Crippen LogP contribution in [0.3, 0.4) is 0 Å². The van der Waals surface area contributed by atoms with Gasteiger partial charge in [-0.15, -0.1) is 0 Å². The van der Waals surface area contributed by atoms with Crippen LogP contribution in [0.1, 0.15) is 71.0 Å². The highest BCUT2D eigenvalue weighted by Crippen LogP contribution is 2.43. The molecule has 0 radical (unpaired) electrons. The second kappa shape index (κ2) is 15.6. The van der Waals surface area contributed by atoms with E-state index in [1.54, 1.807) is 13.3 Å². The number of amides is 1. The fourth-order valence-corrected chi connectivity index (χ4v) is 8.29. The summed E-state index contributed by atoms with van der Waals surface area (Å²) >= 11 is 0. The molecule has 294 valence electrons. The van der Waals surface area contributed by atoms with Crippen LogP contribution in [0.5, 0.6) is 11.6 Å². The van der Waals surface area contributed by atoms with Gasteiger partial charge in [0.25, 0.3) is 0 Å². The highest BCUT2D eigenvalue weighted by atomic mass is 19.1. The number of nitrogens with one attached hydrogen (secondary N) is 1. The SMILES string of the molecule is COc1cc(CN(Cc2cn3c4c(c(N5C[C@H](C)C[C@@H](NC(=O)OC(C)(C)C)C5)c(F)cc4c2=O)OCC3C)[C@H]2CCCN(c3ccc(N)nc3)C2)ccn1. The van der Waals surface area contributed by atoms with E-state index in [0.29, 0.717) is 67.0 Å². The van der Waals surface area contributed by atoms with E-state index in [1.807, 2.05) is 69.3 Å². The van der Waals surface area contributed by atoms with E-state index >= 15 is 4.39 Å². The van der Waals surface area contributed by atoms with Gasteiger partial charge < -0.3 is 39.6 Å². The van der Waals surface area contributed by atoms with E-state index in [-0.39, 0.29) is 34.9 Å². The number of nitrogens with zero attached hydrogens (tertiary/aromatic N) is 6. The second-order valence-electron chi connectivity index (χ2n) is 16.4. The van der Waals surface area contributed by atoms with Crippen LogP contribution >= 0.6 is 0 Å². The molecule has 55 heavy (non-hydrogen) atoms. The van der Waals surface area contributed by atoms with Gasteiger partial charge in [-0.25, -0.2) is 19.2 Å². The van der Waals surface area contributed by atoms with Crippen LogP contribution < -0.4 is 35.8 Å². The number of nitrogens with two attached hydrogens (primary N) is 1. The van der Waals surface area contributed by atoms with Gasteiger partial charge in [0, 0.05) is 75.4 Å². The first kappa shape index (κ1) is 38.2. The lowest BCUT2D eigenvalue weighted by Crippen LogP contribution is -2.51. The number of ether oxygens (including phenoxy) is 3. The minimum atomic E-state index is -0.637. The molecule has 3 aliphatic heterocycles. The Morgan fingerprint density at radius 1 is 1.11 bits per heavy atom. The summed E-state index contributed by atoms with van der Waals surface area (Å²) in [7, 11) is 1.60. The Bertz CT molecular complexity index is 2090. The standard InChI is InChI=1S/C41H53FN8O5/c1-25-14-29(46-40(52)55-41(3,4)5)22-49(18-25)37-33(42)16-32-36-39(37)54-24-26(2)50(36)21-28(38(32)51)20-48(19-27-11-12-44-35(15-27)53-6)31-8-7-13-47(23-31)30-9-10-34(43)45-17-30/h9-12,15-17,21,25-26,29,31H,7-8,13-14,18-20,22-24H2,1-6H3,(H2,43,45)(H,46,52)/t25-,26?,29-,31+/m1/s1. The third kappa shape index (κ3) is 8.43. The van der Waals surface area contributed by atoms with Crippen molar-refractivity contribution in [1.29, 1.82) is 0 Å². The summed E-state index contributed by atoms with van der Waals surface area (Å²) in [6, 6.07) is 8.82. The Balaban J connectivity index is 1.23. The minimum absolute atomic E-state index is 0.0978. The fourth-order valence-electron chi connectivity index (χ4n) is 8.29. The molecule has 3 aromatic heterocycles. The number of methoxy groups -OCH3 is 1. The number of piperidine rings is 2. The van der Waals surface area contributed by atoms with E-state index in [9.17, 15) is 9.59 Å². The quantitative estimate of drug-likeness (QED) is 0.212. The first-order chi connectivity index (χ1) is 26.3. The van der Waals surface area contributed by atoms with Gasteiger partial charge in [-0.05, 0) is 82.7 Å². The average molecular weight is 757 g/mol. The molecular weight excluding hydrogens is 703 g/mol. The van der Waals surface area contributed by atoms with Crippen molar-refractivity contribution in [3.8, 4) is 11.6 Å². The van der Waals surface area contributed by atoms with E-state index in [4.69, 9.17) is 19.9 Å². The molecule has 1 unspecified atom stereocenters. The molecule has 0 saturated carbocycles. The van der Waals surface area contributed by atoms with E-state index in [2.05, 4.69) is 36.6 Å². The lowest BCUT2D eigenvalue weighted by Gasteiger charge is -2.41. The Labute approximate surface area is 321 Å². The molecule has 7 rings (SSSR count). The van der Waals surface area contributed by atoms with Gasteiger partial charge in [-0.2, -0.15) is 0 Å². The lowest BCUT2D eigenvalue weighted by molar-refractivity contribution is 0.0495. The van der Waals surface area contributed by atoms with Crippen molar-refractivity contribution in [1.82, 2.24) is 24.8 Å². The third-order valence-electron chi connectivity index (χ3n) is 10.7. The largest absolute Gasteiger partial charge is 0.487 e. The molecular formula is C41H53FN8O5. The Kier molecular flexibility index (Phi) is 10.8. The Morgan fingerprint density at radius 3 is 2.67 bits per heavy atom. The number of carbonyl (C=O) groups excluding carboxylic acids is 1. The van der Waals surface area contributed by atoms with Crippen molar-refractivity contribution >= 4 is 34.2 Å². The van der Waals surface area contributed by atoms with Gasteiger partial charge in [0.1, 0.15) is 23.7 Å². The summed E-state index contributed by atoms with van der Waals surface area (Å²) in [5.41, 5.74) is 8.53. The van der Waals surface area contributed by atoms with Crippen LogP contribution in [0.4, 0.5) is 26.4 Å². The van der Waals surface area contributed by atoms with Crippen molar-refractivity contribution in [2.24, 2.45) is 5.92 Å². The van der Waals surface area contributed by atoms with E-state index < -0.39 is 17.5 Å². The average Bonchev–Trinajstić information content (AvgIpc) is 3.13. The normalized spacial score (nSPS) is 21.4. The van der Waals surface area contributed by atoms with Gasteiger partial charge in [0.05, 0.1) is 35.9 Å². The molecule has 1 amide bonds. The third-order valence-corrected chi connectivity index (χ3v) is 10.7. The number of halogens is 1. The monoisotopic (exact) mass is 756 g/mol. The predicted octanol–water partition coefficient (Wildman–Crippen LogP) is 5.89. The molecule has 3 N–H and O–H groups in total. The zero-order valence-electron chi connectivity index (χ0n) is 32.7. The number of benzene rings is 1. The highest BCUT2D eigenvalue weighted by molar-refractivity contribution is 5.92. The van der Waals surface area contributed by atoms with Gasteiger partial charge >= 0.3 is 6.09 Å². The first-order valence-corrected chi connectivity index (χ1v) is 19.2. The summed E-state index contributed by atoms with van der Waals surface area (Å²) in [6.07, 6.45) is 7.61. The lowest BCUT2D eigenvalue weighted by atomic mass is 9.94. The number of carbonyl (C=O) groups is 1. The molecule has 13 nitrogen and oxygen atoms in total. The number of hydrogen-bond acceptors (Lipinski definition) is 11. The number of nitrogen functional groups attached to an aromatic ring is 1. The Hall–Kier alpha value is -5.11. The summed E-state index contributed by atoms with van der Waals surface area (Å²) < 4.78 is 35.9. The maximum Gasteiger partial charge on any atom is 0.407 e. The van der Waals surface area contributed by atoms with Gasteiger partial charge in [0.2, 0.25) is 5.88 Å². The van der Waals surface area contributed by atoms with Gasteiger partial charge in [-0.3, -0.25) is 9.69 Å². The van der Waals surface area contributed by atoms with Gasteiger partial charge in [-0.1, -0.05) is 6.92 Å². The molecule has 6 heterocycles. The molecule has 4 atom stereocenters. The van der Waals surface area contributed by atoms with Crippen LogP contribution in [0.25, 0.3) is 10.9 Å². The summed E-state index contributed by atoms with van der Waals surface area (Å²) in [4.78, 5) is 42.5. The van der Waals surface area contributed by atoms with Crippen LogP contribution in [0, 0.1) is 11.7 Å². The number of aromatic nitrogens is 3. The number of anilines is 3. The summed E-state index contributed by atoms with van der Waals surface area (Å²) in [5, 5.41) is 3.27. The molecule has 0 bridgehead atoms. The smallest absolute Gasteiger partial charge is 0.407 e. The van der Waals surface area contributed by atoms with Crippen LogP contribution in [0.15, 0.2) is 53.7 Å². The molecule has 1 aromatic carbocycles. The number of rotatable bonds is 9. The van der Waals surface area contributed by atoms with Gasteiger partial charge in [0.15, 0.2) is 17.0 Å². The summed E-state index contributed by atoms with van der Waals surface area (Å²) in [6.45, 7) is 13.4. The molecule has 2 saturated heterocycles. The predicted molar refractivity (Wildman–Crippen MR) is 211 cm³/mol. The second-order valence-corrected chi connectivity index (χ2v) is 16.4. The number of alkyl carbamates (subject to hydrolysis) is 1.